The summed E-state index contributed by atoms with van der Waals surface area (Å²) < 4.78 is 5.76. The smallest absolute Gasteiger partial charge is 0.0565 e. The summed E-state index contributed by atoms with van der Waals surface area (Å²) in [5.41, 5.74) is 0. The number of nitrogens with zero attached hydrogens (tertiary/aromatic N) is 1. The maximum absolute atomic E-state index is 5.76. The Morgan fingerprint density at radius 2 is 1.82 bits per heavy atom. The van der Waals surface area contributed by atoms with Crippen LogP contribution in [0.2, 0.25) is 0 Å². The molecule has 1 saturated carbocycles. The van der Waals surface area contributed by atoms with Gasteiger partial charge in [-0.25, -0.2) is 0 Å². The van der Waals surface area contributed by atoms with Crippen LogP contribution in [0.1, 0.15) is 46.5 Å². The van der Waals surface area contributed by atoms with E-state index in [9.17, 15) is 0 Å². The Kier molecular flexibility index (Phi) is 4.83. The fourth-order valence-electron chi connectivity index (χ4n) is 3.02. The van der Waals surface area contributed by atoms with E-state index in [4.69, 9.17) is 4.74 Å². The van der Waals surface area contributed by atoms with E-state index >= 15 is 0 Å². The molecule has 1 N–H and O–H groups in total. The lowest BCUT2D eigenvalue weighted by Gasteiger charge is -2.33. The highest BCUT2D eigenvalue weighted by atomic mass is 16.5. The SMILES string of the molecule is CCN(CCNC1CC(C)OC(C)C1)C1CC1. The summed E-state index contributed by atoms with van der Waals surface area (Å²) in [6.45, 7) is 10.2. The fourth-order valence-corrected chi connectivity index (χ4v) is 3.02. The van der Waals surface area contributed by atoms with Gasteiger partial charge in [-0.1, -0.05) is 6.92 Å². The van der Waals surface area contributed by atoms with Crippen LogP contribution in [0.5, 0.6) is 0 Å². The number of hydrogen-bond acceptors (Lipinski definition) is 3. The van der Waals surface area contributed by atoms with Crippen LogP contribution in [-0.2, 0) is 4.74 Å². The molecule has 2 rings (SSSR count). The van der Waals surface area contributed by atoms with Gasteiger partial charge < -0.3 is 10.1 Å². The molecule has 17 heavy (non-hydrogen) atoms. The topological polar surface area (TPSA) is 24.5 Å². The number of nitrogens with one attached hydrogen (secondary N) is 1. The summed E-state index contributed by atoms with van der Waals surface area (Å²) in [5.74, 6) is 0. The molecule has 0 aromatic heterocycles. The normalized spacial score (nSPS) is 34.2. The van der Waals surface area contributed by atoms with Gasteiger partial charge in [0.15, 0.2) is 0 Å². The lowest BCUT2D eigenvalue weighted by Crippen LogP contribution is -2.44. The molecule has 3 nitrogen and oxygen atoms in total. The van der Waals surface area contributed by atoms with Gasteiger partial charge in [-0.15, -0.1) is 0 Å². The summed E-state index contributed by atoms with van der Waals surface area (Å²) in [4.78, 5) is 2.61. The van der Waals surface area contributed by atoms with Gasteiger partial charge in [0.25, 0.3) is 0 Å². The van der Waals surface area contributed by atoms with Crippen molar-refractivity contribution in [3.8, 4) is 0 Å². The van der Waals surface area contributed by atoms with Gasteiger partial charge >= 0.3 is 0 Å². The van der Waals surface area contributed by atoms with Crippen molar-refractivity contribution in [3.63, 3.8) is 0 Å². The molecule has 0 aromatic rings. The number of rotatable bonds is 6. The van der Waals surface area contributed by atoms with Gasteiger partial charge in [-0.2, -0.15) is 0 Å². The Morgan fingerprint density at radius 1 is 1.18 bits per heavy atom. The molecule has 2 aliphatic rings. The molecule has 0 radical (unpaired) electrons. The molecule has 2 atom stereocenters. The summed E-state index contributed by atoms with van der Waals surface area (Å²) in [5, 5.41) is 3.71. The van der Waals surface area contributed by atoms with Crippen molar-refractivity contribution in [1.29, 1.82) is 0 Å². The molecule has 2 unspecified atom stereocenters. The second kappa shape index (κ2) is 6.17. The van der Waals surface area contributed by atoms with Crippen LogP contribution in [0.4, 0.5) is 0 Å². The quantitative estimate of drug-likeness (QED) is 0.769. The fraction of sp³-hybridized carbons (Fsp3) is 1.00. The lowest BCUT2D eigenvalue weighted by molar-refractivity contribution is -0.0421. The Balaban J connectivity index is 1.63. The molecule has 1 saturated heterocycles. The van der Waals surface area contributed by atoms with Gasteiger partial charge in [0.05, 0.1) is 12.2 Å². The zero-order valence-corrected chi connectivity index (χ0v) is 11.6. The average molecular weight is 240 g/mol. The molecular weight excluding hydrogens is 212 g/mol. The minimum Gasteiger partial charge on any atom is -0.375 e. The van der Waals surface area contributed by atoms with Crippen molar-refractivity contribution >= 4 is 0 Å². The number of likely N-dealkylation sites (N-methyl/N-ethyl adjacent to an activating group) is 1. The molecule has 0 aromatic carbocycles. The second-order valence-corrected chi connectivity index (χ2v) is 5.74. The van der Waals surface area contributed by atoms with Gasteiger partial charge in [0.1, 0.15) is 0 Å². The minimum absolute atomic E-state index is 0.418. The van der Waals surface area contributed by atoms with Crippen LogP contribution >= 0.6 is 0 Å². The molecule has 1 aliphatic carbocycles. The largest absolute Gasteiger partial charge is 0.375 e. The first-order valence-corrected chi connectivity index (χ1v) is 7.32. The predicted molar refractivity (Wildman–Crippen MR) is 71.3 cm³/mol. The van der Waals surface area contributed by atoms with Crippen molar-refractivity contribution in [3.05, 3.63) is 0 Å². The molecule has 0 spiro atoms. The zero-order valence-electron chi connectivity index (χ0n) is 11.6. The van der Waals surface area contributed by atoms with E-state index in [0.717, 1.165) is 12.6 Å². The first-order valence-electron chi connectivity index (χ1n) is 7.32. The third-order valence-corrected chi connectivity index (χ3v) is 4.00. The molecule has 100 valence electrons. The molecule has 1 aliphatic heterocycles. The standard InChI is InChI=1S/C14H28N2O/c1-4-16(14-5-6-14)8-7-15-13-9-11(2)17-12(3)10-13/h11-15H,4-10H2,1-3H3. The van der Waals surface area contributed by atoms with E-state index in [1.807, 2.05) is 0 Å². The Labute approximate surface area is 106 Å². The zero-order chi connectivity index (χ0) is 12.3. The highest BCUT2D eigenvalue weighted by Gasteiger charge is 2.28. The van der Waals surface area contributed by atoms with Crippen LogP contribution in [0.15, 0.2) is 0 Å². The lowest BCUT2D eigenvalue weighted by atomic mass is 10.00. The molecule has 2 fully saturated rings. The van der Waals surface area contributed by atoms with Crippen LogP contribution < -0.4 is 5.32 Å². The van der Waals surface area contributed by atoms with Crippen molar-refractivity contribution in [2.45, 2.75) is 70.7 Å². The van der Waals surface area contributed by atoms with E-state index in [1.165, 1.54) is 38.8 Å². The van der Waals surface area contributed by atoms with E-state index in [-0.39, 0.29) is 0 Å². The third-order valence-electron chi connectivity index (χ3n) is 4.00. The maximum Gasteiger partial charge on any atom is 0.0565 e. The van der Waals surface area contributed by atoms with E-state index < -0.39 is 0 Å². The maximum atomic E-state index is 5.76. The van der Waals surface area contributed by atoms with E-state index in [2.05, 4.69) is 31.0 Å². The summed E-state index contributed by atoms with van der Waals surface area (Å²) in [7, 11) is 0. The van der Waals surface area contributed by atoms with Crippen LogP contribution in [0, 0.1) is 0 Å². The monoisotopic (exact) mass is 240 g/mol. The number of hydrogen-bond donors (Lipinski definition) is 1. The highest BCUT2D eigenvalue weighted by Crippen LogP contribution is 2.26. The Morgan fingerprint density at radius 3 is 2.35 bits per heavy atom. The first-order chi connectivity index (χ1) is 8.19. The van der Waals surface area contributed by atoms with Gasteiger partial charge in [-0.3, -0.25) is 4.90 Å². The van der Waals surface area contributed by atoms with Gasteiger partial charge in [-0.05, 0) is 46.1 Å². The highest BCUT2D eigenvalue weighted by molar-refractivity contribution is 4.85. The van der Waals surface area contributed by atoms with E-state index in [1.54, 1.807) is 0 Å². The molecule has 3 heteroatoms. The molecule has 0 bridgehead atoms. The van der Waals surface area contributed by atoms with Crippen LogP contribution in [0.25, 0.3) is 0 Å². The van der Waals surface area contributed by atoms with Crippen molar-refractivity contribution in [2.75, 3.05) is 19.6 Å². The summed E-state index contributed by atoms with van der Waals surface area (Å²) in [6.07, 6.45) is 6.00. The molecule has 1 heterocycles. The van der Waals surface area contributed by atoms with Gasteiger partial charge in [0.2, 0.25) is 0 Å². The minimum atomic E-state index is 0.418. The average Bonchev–Trinajstić information content (AvgIpc) is 3.07. The summed E-state index contributed by atoms with van der Waals surface area (Å²) in [6, 6.07) is 1.56. The van der Waals surface area contributed by atoms with Gasteiger partial charge in [0, 0.05) is 25.2 Å². The first kappa shape index (κ1) is 13.3. The van der Waals surface area contributed by atoms with Crippen molar-refractivity contribution in [1.82, 2.24) is 10.2 Å². The van der Waals surface area contributed by atoms with Crippen LogP contribution in [-0.4, -0.2) is 48.8 Å². The third kappa shape index (κ3) is 4.23. The van der Waals surface area contributed by atoms with Crippen molar-refractivity contribution in [2.24, 2.45) is 0 Å². The van der Waals surface area contributed by atoms with Crippen molar-refractivity contribution < 1.29 is 4.74 Å². The molecule has 0 amide bonds. The van der Waals surface area contributed by atoms with E-state index in [0.29, 0.717) is 18.2 Å². The molecular formula is C14H28N2O. The summed E-state index contributed by atoms with van der Waals surface area (Å²) >= 11 is 0. The predicted octanol–water partition coefficient (Wildman–Crippen LogP) is 2.02. The Hall–Kier alpha value is -0.120. The van der Waals surface area contributed by atoms with Crippen LogP contribution in [0.3, 0.4) is 0 Å². The Bertz CT molecular complexity index is 220. The second-order valence-electron chi connectivity index (χ2n) is 5.74. The number of ether oxygens (including phenoxy) is 1.